The normalized spacial score (nSPS) is 11.8. The van der Waals surface area contributed by atoms with Crippen molar-refractivity contribution >= 4 is 12.1 Å². The van der Waals surface area contributed by atoms with Gasteiger partial charge in [0.2, 0.25) is 0 Å². The van der Waals surface area contributed by atoms with Crippen LogP contribution in [-0.2, 0) is 5.41 Å². The largest absolute Gasteiger partial charge is 0.318 e. The zero-order valence-corrected chi connectivity index (χ0v) is 18.1. The summed E-state index contributed by atoms with van der Waals surface area (Å²) in [5.74, 6) is -0.215. The van der Waals surface area contributed by atoms with Crippen LogP contribution in [0.3, 0.4) is 0 Å². The van der Waals surface area contributed by atoms with Gasteiger partial charge in [0.15, 0.2) is 0 Å². The van der Waals surface area contributed by atoms with Crippen molar-refractivity contribution in [2.24, 2.45) is 5.10 Å². The molecule has 0 bridgehead atoms. The van der Waals surface area contributed by atoms with E-state index in [2.05, 4.69) is 80.0 Å². The van der Waals surface area contributed by atoms with Crippen LogP contribution in [0.2, 0.25) is 0 Å². The first-order chi connectivity index (χ1) is 13.7. The van der Waals surface area contributed by atoms with Crippen molar-refractivity contribution in [3.63, 3.8) is 0 Å². The van der Waals surface area contributed by atoms with Gasteiger partial charge >= 0.3 is 0 Å². The quantitative estimate of drug-likeness (QED) is 0.469. The van der Waals surface area contributed by atoms with Crippen molar-refractivity contribution in [2.45, 2.75) is 47.0 Å². The van der Waals surface area contributed by atoms with E-state index in [1.165, 1.54) is 5.56 Å². The number of carbonyl (C=O) groups excluding carboxylic acids is 1. The van der Waals surface area contributed by atoms with Gasteiger partial charge < -0.3 is 4.57 Å². The molecular weight excluding hydrogens is 358 g/mol. The van der Waals surface area contributed by atoms with Gasteiger partial charge in [-0.3, -0.25) is 4.79 Å². The average Bonchev–Trinajstić information content (AvgIpc) is 2.95. The van der Waals surface area contributed by atoms with Crippen molar-refractivity contribution in [1.29, 1.82) is 0 Å². The first-order valence-electron chi connectivity index (χ1n) is 9.87. The smallest absolute Gasteiger partial charge is 0.271 e. The van der Waals surface area contributed by atoms with Crippen LogP contribution in [0.5, 0.6) is 0 Å². The molecule has 1 amide bonds. The second kappa shape index (κ2) is 8.08. The lowest BCUT2D eigenvalue weighted by atomic mass is 9.87. The molecule has 3 rings (SSSR count). The fourth-order valence-electron chi connectivity index (χ4n) is 3.36. The number of amides is 1. The Morgan fingerprint density at radius 2 is 1.59 bits per heavy atom. The van der Waals surface area contributed by atoms with Crippen molar-refractivity contribution in [3.8, 4) is 5.69 Å². The monoisotopic (exact) mass is 387 g/mol. The maximum Gasteiger partial charge on any atom is 0.271 e. The van der Waals surface area contributed by atoms with E-state index in [0.717, 1.165) is 28.2 Å². The number of rotatable bonds is 4. The highest BCUT2D eigenvalue weighted by molar-refractivity contribution is 5.95. The van der Waals surface area contributed by atoms with Crippen LogP contribution in [0.1, 0.15) is 59.2 Å². The molecule has 0 radical (unpaired) electrons. The molecule has 0 atom stereocenters. The third kappa shape index (κ3) is 4.65. The Bertz CT molecular complexity index is 1030. The molecule has 0 saturated carbocycles. The molecule has 3 aromatic rings. The van der Waals surface area contributed by atoms with E-state index in [1.54, 1.807) is 18.3 Å². The topological polar surface area (TPSA) is 46.4 Å². The molecule has 150 valence electrons. The van der Waals surface area contributed by atoms with Crippen LogP contribution in [0, 0.1) is 20.8 Å². The van der Waals surface area contributed by atoms with Gasteiger partial charge in [0.25, 0.3) is 5.91 Å². The lowest BCUT2D eigenvalue weighted by Gasteiger charge is -2.20. The van der Waals surface area contributed by atoms with Crippen molar-refractivity contribution < 1.29 is 4.79 Å². The Hall–Kier alpha value is -3.14. The van der Waals surface area contributed by atoms with Gasteiger partial charge in [-0.1, -0.05) is 50.6 Å². The number of nitrogens with zero attached hydrogens (tertiary/aromatic N) is 2. The Labute approximate surface area is 173 Å². The highest BCUT2D eigenvalue weighted by Gasteiger charge is 2.14. The summed E-state index contributed by atoms with van der Waals surface area (Å²) >= 11 is 0. The zero-order valence-electron chi connectivity index (χ0n) is 18.1. The van der Waals surface area contributed by atoms with Crippen LogP contribution in [0.4, 0.5) is 0 Å². The fourth-order valence-corrected chi connectivity index (χ4v) is 3.36. The number of benzene rings is 2. The molecule has 0 fully saturated rings. The molecule has 4 nitrogen and oxygen atoms in total. The summed E-state index contributed by atoms with van der Waals surface area (Å²) in [6.07, 6.45) is 1.70. The molecule has 0 aliphatic rings. The van der Waals surface area contributed by atoms with E-state index in [9.17, 15) is 4.79 Å². The van der Waals surface area contributed by atoms with E-state index in [4.69, 9.17) is 0 Å². The van der Waals surface area contributed by atoms with Gasteiger partial charge in [-0.15, -0.1) is 0 Å². The Morgan fingerprint density at radius 3 is 2.17 bits per heavy atom. The van der Waals surface area contributed by atoms with Crippen molar-refractivity contribution in [3.05, 3.63) is 88.2 Å². The second-order valence-electron chi connectivity index (χ2n) is 8.52. The van der Waals surface area contributed by atoms with Gasteiger partial charge in [-0.05, 0) is 62.1 Å². The maximum atomic E-state index is 12.2. The number of hydrazone groups is 1. The predicted molar refractivity (Wildman–Crippen MR) is 120 cm³/mol. The molecule has 4 heteroatoms. The Morgan fingerprint density at radius 1 is 0.966 bits per heavy atom. The average molecular weight is 388 g/mol. The minimum atomic E-state index is -0.215. The van der Waals surface area contributed by atoms with E-state index in [0.29, 0.717) is 5.56 Å². The maximum absolute atomic E-state index is 12.2. The van der Waals surface area contributed by atoms with Gasteiger partial charge in [-0.25, -0.2) is 5.43 Å². The zero-order chi connectivity index (χ0) is 21.2. The fraction of sp³-hybridized carbons (Fsp3) is 0.280. The summed E-state index contributed by atoms with van der Waals surface area (Å²) in [5, 5.41) is 4.16. The van der Waals surface area contributed by atoms with Gasteiger partial charge in [0.1, 0.15) is 0 Å². The summed E-state index contributed by atoms with van der Waals surface area (Å²) in [6.45, 7) is 12.8. The molecule has 29 heavy (non-hydrogen) atoms. The van der Waals surface area contributed by atoms with Gasteiger partial charge in [0.05, 0.1) is 6.21 Å². The summed E-state index contributed by atoms with van der Waals surface area (Å²) < 4.78 is 2.20. The molecule has 1 heterocycles. The van der Waals surface area contributed by atoms with E-state index >= 15 is 0 Å². The van der Waals surface area contributed by atoms with Crippen LogP contribution < -0.4 is 5.43 Å². The number of aryl methyl sites for hydroxylation is 2. The molecule has 2 aromatic carbocycles. The first-order valence-corrected chi connectivity index (χ1v) is 9.87. The summed E-state index contributed by atoms with van der Waals surface area (Å²) in [4.78, 5) is 12.2. The summed E-state index contributed by atoms with van der Waals surface area (Å²) in [6, 6.07) is 18.2. The van der Waals surface area contributed by atoms with Crippen molar-refractivity contribution in [1.82, 2.24) is 9.99 Å². The summed E-state index contributed by atoms with van der Waals surface area (Å²) in [5.41, 5.74) is 10.1. The molecule has 0 aliphatic carbocycles. The highest BCUT2D eigenvalue weighted by atomic mass is 16.2. The molecule has 1 aromatic heterocycles. The number of hydrogen-bond acceptors (Lipinski definition) is 2. The number of hydrogen-bond donors (Lipinski definition) is 1. The van der Waals surface area contributed by atoms with Crippen LogP contribution >= 0.6 is 0 Å². The number of carbonyl (C=O) groups is 1. The molecule has 1 N–H and O–H groups in total. The van der Waals surface area contributed by atoms with Crippen LogP contribution in [0.25, 0.3) is 5.69 Å². The minimum Gasteiger partial charge on any atom is -0.318 e. The van der Waals surface area contributed by atoms with Gasteiger partial charge in [0, 0.05) is 28.2 Å². The van der Waals surface area contributed by atoms with E-state index in [-0.39, 0.29) is 11.3 Å². The second-order valence-corrected chi connectivity index (χ2v) is 8.52. The minimum absolute atomic E-state index is 0.132. The molecule has 0 saturated heterocycles. The van der Waals surface area contributed by atoms with Crippen LogP contribution in [-0.4, -0.2) is 16.7 Å². The lowest BCUT2D eigenvalue weighted by molar-refractivity contribution is 0.0955. The Kier molecular flexibility index (Phi) is 5.73. The third-order valence-corrected chi connectivity index (χ3v) is 5.15. The summed E-state index contributed by atoms with van der Waals surface area (Å²) in [7, 11) is 0. The highest BCUT2D eigenvalue weighted by Crippen LogP contribution is 2.25. The Balaban J connectivity index is 1.78. The van der Waals surface area contributed by atoms with Gasteiger partial charge in [-0.2, -0.15) is 5.10 Å². The standard InChI is InChI=1S/C25H29N3O/c1-17-7-9-20(10-8-17)24(29)27-26-16-21-15-18(2)28(19(21)3)23-13-11-22(12-14-23)25(4,5)6/h7-16H,1-6H3,(H,27,29)/b26-16-. The lowest BCUT2D eigenvalue weighted by Crippen LogP contribution is -2.17. The molecular formula is C25H29N3O. The molecule has 0 aliphatic heterocycles. The van der Waals surface area contributed by atoms with Crippen molar-refractivity contribution in [2.75, 3.05) is 0 Å². The number of aromatic nitrogens is 1. The predicted octanol–water partition coefficient (Wildman–Crippen LogP) is 5.46. The van der Waals surface area contributed by atoms with Crippen LogP contribution in [0.15, 0.2) is 59.7 Å². The molecule has 0 unspecified atom stereocenters. The number of nitrogens with one attached hydrogen (secondary N) is 1. The van der Waals surface area contributed by atoms with E-state index in [1.807, 2.05) is 19.1 Å². The first kappa shape index (κ1) is 20.6. The molecule has 0 spiro atoms. The van der Waals surface area contributed by atoms with E-state index < -0.39 is 0 Å². The third-order valence-electron chi connectivity index (χ3n) is 5.15. The SMILES string of the molecule is Cc1ccc(C(=O)N/N=C\c2cc(C)n(-c3ccc(C(C)(C)C)cc3)c2C)cc1.